The third-order valence-electron chi connectivity index (χ3n) is 3.30. The van der Waals surface area contributed by atoms with E-state index in [-0.39, 0.29) is 6.04 Å². The zero-order chi connectivity index (χ0) is 15.9. The van der Waals surface area contributed by atoms with Crippen molar-refractivity contribution < 1.29 is 0 Å². The molecule has 0 fully saturated rings. The van der Waals surface area contributed by atoms with Crippen LogP contribution < -0.4 is 5.32 Å². The lowest BCUT2D eigenvalue weighted by atomic mass is 10.1. The van der Waals surface area contributed by atoms with Crippen molar-refractivity contribution in [3.05, 3.63) is 94.6 Å². The molecule has 1 aromatic heterocycles. The summed E-state index contributed by atoms with van der Waals surface area (Å²) >= 11 is 3.47. The lowest BCUT2D eigenvalue weighted by Crippen LogP contribution is -2.09. The minimum absolute atomic E-state index is 0.127. The Bertz CT molecular complexity index is 803. The zero-order valence-electron chi connectivity index (χ0n) is 12.4. The first kappa shape index (κ1) is 15.3. The number of aromatic nitrogens is 1. The molecule has 0 spiro atoms. The van der Waals surface area contributed by atoms with Crippen molar-refractivity contribution in [2.24, 2.45) is 0 Å². The summed E-state index contributed by atoms with van der Waals surface area (Å²) in [4.78, 5) is 4.33. The first-order chi connectivity index (χ1) is 11.3. The number of benzene rings is 2. The van der Waals surface area contributed by atoms with Crippen LogP contribution in [-0.2, 0) is 0 Å². The third kappa shape index (κ3) is 4.45. The average Bonchev–Trinajstić information content (AvgIpc) is 2.61. The highest BCUT2D eigenvalue weighted by atomic mass is 79.9. The second-order valence-corrected chi connectivity index (χ2v) is 5.89. The third-order valence-corrected chi connectivity index (χ3v) is 3.82. The predicted molar refractivity (Wildman–Crippen MR) is 98.1 cm³/mol. The number of nitrogens with one attached hydrogen (secondary N) is 1. The first-order valence-corrected chi connectivity index (χ1v) is 8.10. The van der Waals surface area contributed by atoms with E-state index in [2.05, 4.69) is 50.2 Å². The van der Waals surface area contributed by atoms with E-state index in [1.807, 2.05) is 60.7 Å². The second-order valence-electron chi connectivity index (χ2n) is 4.98. The van der Waals surface area contributed by atoms with Gasteiger partial charge in [-0.25, -0.2) is 4.98 Å². The van der Waals surface area contributed by atoms with Gasteiger partial charge in [-0.1, -0.05) is 64.2 Å². The molecule has 0 saturated heterocycles. The molecule has 23 heavy (non-hydrogen) atoms. The standard InChI is InChI=1S/C20H15BrN2/c21-18-12-10-17(11-13-18)19(23-20-8-4-5-15-22-20)14-9-16-6-2-1-3-7-16/h1-8,10-13,15,19H,(H,22,23). The van der Waals surface area contributed by atoms with Gasteiger partial charge in [0.05, 0.1) is 0 Å². The predicted octanol–water partition coefficient (Wildman–Crippen LogP) is 5.05. The summed E-state index contributed by atoms with van der Waals surface area (Å²) < 4.78 is 1.05. The van der Waals surface area contributed by atoms with Crippen molar-refractivity contribution in [1.29, 1.82) is 0 Å². The molecular formula is C20H15BrN2. The number of hydrogen-bond donors (Lipinski definition) is 1. The molecule has 0 amide bonds. The number of hydrogen-bond acceptors (Lipinski definition) is 2. The van der Waals surface area contributed by atoms with Gasteiger partial charge in [0.25, 0.3) is 0 Å². The van der Waals surface area contributed by atoms with Gasteiger partial charge in [0, 0.05) is 16.2 Å². The highest BCUT2D eigenvalue weighted by Crippen LogP contribution is 2.20. The van der Waals surface area contributed by atoms with Crippen molar-refractivity contribution >= 4 is 21.7 Å². The van der Waals surface area contributed by atoms with Crippen LogP contribution >= 0.6 is 15.9 Å². The van der Waals surface area contributed by atoms with E-state index in [4.69, 9.17) is 0 Å². The Morgan fingerprint density at radius 1 is 0.870 bits per heavy atom. The summed E-state index contributed by atoms with van der Waals surface area (Å²) in [5.74, 6) is 7.34. The summed E-state index contributed by atoms with van der Waals surface area (Å²) in [7, 11) is 0. The Kier molecular flexibility index (Phi) is 5.08. The number of rotatable bonds is 3. The van der Waals surface area contributed by atoms with E-state index in [0.29, 0.717) is 0 Å². The minimum atomic E-state index is -0.127. The molecule has 0 aliphatic heterocycles. The molecule has 1 N–H and O–H groups in total. The van der Waals surface area contributed by atoms with Gasteiger partial charge in [0.2, 0.25) is 0 Å². The van der Waals surface area contributed by atoms with E-state index in [1.54, 1.807) is 6.20 Å². The molecule has 3 rings (SSSR count). The van der Waals surface area contributed by atoms with Crippen LogP contribution in [0.3, 0.4) is 0 Å². The van der Waals surface area contributed by atoms with Crippen LogP contribution in [0.1, 0.15) is 17.2 Å². The van der Waals surface area contributed by atoms with E-state index >= 15 is 0 Å². The molecule has 1 unspecified atom stereocenters. The van der Waals surface area contributed by atoms with E-state index in [1.165, 1.54) is 0 Å². The molecule has 3 aromatic rings. The quantitative estimate of drug-likeness (QED) is 0.659. The molecule has 112 valence electrons. The SMILES string of the molecule is Brc1ccc(C(C#Cc2ccccc2)Nc2ccccn2)cc1. The molecule has 0 bridgehead atoms. The highest BCUT2D eigenvalue weighted by Gasteiger charge is 2.08. The first-order valence-electron chi connectivity index (χ1n) is 7.31. The average molecular weight is 363 g/mol. The number of nitrogens with zero attached hydrogens (tertiary/aromatic N) is 1. The smallest absolute Gasteiger partial charge is 0.127 e. The number of halogens is 1. The second kappa shape index (κ2) is 7.62. The number of pyridine rings is 1. The highest BCUT2D eigenvalue weighted by molar-refractivity contribution is 9.10. The van der Waals surface area contributed by atoms with Crippen LogP contribution in [0.5, 0.6) is 0 Å². The fourth-order valence-corrected chi connectivity index (χ4v) is 2.40. The number of anilines is 1. The lowest BCUT2D eigenvalue weighted by Gasteiger charge is -2.14. The van der Waals surface area contributed by atoms with Crippen molar-refractivity contribution in [3.63, 3.8) is 0 Å². The van der Waals surface area contributed by atoms with Gasteiger partial charge >= 0.3 is 0 Å². The molecule has 1 heterocycles. The molecule has 1 atom stereocenters. The van der Waals surface area contributed by atoms with Crippen molar-refractivity contribution in [1.82, 2.24) is 4.98 Å². The van der Waals surface area contributed by atoms with Gasteiger partial charge in [-0.2, -0.15) is 0 Å². The van der Waals surface area contributed by atoms with Crippen molar-refractivity contribution in [3.8, 4) is 11.8 Å². The van der Waals surface area contributed by atoms with Gasteiger partial charge in [0.1, 0.15) is 11.9 Å². The monoisotopic (exact) mass is 362 g/mol. The molecule has 0 aliphatic rings. The topological polar surface area (TPSA) is 24.9 Å². The van der Waals surface area contributed by atoms with Crippen LogP contribution in [0.15, 0.2) is 83.5 Å². The van der Waals surface area contributed by atoms with Gasteiger partial charge in [-0.15, -0.1) is 0 Å². The minimum Gasteiger partial charge on any atom is -0.353 e. The largest absolute Gasteiger partial charge is 0.353 e. The molecule has 0 radical (unpaired) electrons. The van der Waals surface area contributed by atoms with Gasteiger partial charge < -0.3 is 5.32 Å². The Hall–Kier alpha value is -2.57. The van der Waals surface area contributed by atoms with Crippen LogP contribution in [0.2, 0.25) is 0 Å². The summed E-state index contributed by atoms with van der Waals surface area (Å²) in [5.41, 5.74) is 2.10. The zero-order valence-corrected chi connectivity index (χ0v) is 14.0. The van der Waals surface area contributed by atoms with E-state index in [0.717, 1.165) is 21.4 Å². The van der Waals surface area contributed by atoms with Crippen molar-refractivity contribution in [2.45, 2.75) is 6.04 Å². The lowest BCUT2D eigenvalue weighted by molar-refractivity contribution is 1.000. The Morgan fingerprint density at radius 2 is 1.61 bits per heavy atom. The molecule has 2 nitrogen and oxygen atoms in total. The van der Waals surface area contributed by atoms with Gasteiger partial charge in [-0.3, -0.25) is 0 Å². The molecular weight excluding hydrogens is 348 g/mol. The van der Waals surface area contributed by atoms with Gasteiger partial charge in [0.15, 0.2) is 0 Å². The van der Waals surface area contributed by atoms with Crippen LogP contribution in [0, 0.1) is 11.8 Å². The van der Waals surface area contributed by atoms with E-state index in [9.17, 15) is 0 Å². The molecule has 2 aromatic carbocycles. The van der Waals surface area contributed by atoms with Crippen LogP contribution in [0.25, 0.3) is 0 Å². The Balaban J connectivity index is 1.90. The van der Waals surface area contributed by atoms with Gasteiger partial charge in [-0.05, 0) is 42.0 Å². The molecule has 0 aliphatic carbocycles. The molecule has 0 saturated carbocycles. The summed E-state index contributed by atoms with van der Waals surface area (Å²) in [6.45, 7) is 0. The Labute approximate surface area is 144 Å². The van der Waals surface area contributed by atoms with Crippen LogP contribution in [-0.4, -0.2) is 4.98 Å². The summed E-state index contributed by atoms with van der Waals surface area (Å²) in [5, 5.41) is 3.38. The van der Waals surface area contributed by atoms with E-state index < -0.39 is 0 Å². The summed E-state index contributed by atoms with van der Waals surface area (Å²) in [6, 6.07) is 23.8. The summed E-state index contributed by atoms with van der Waals surface area (Å²) in [6.07, 6.45) is 1.77. The van der Waals surface area contributed by atoms with Crippen LogP contribution in [0.4, 0.5) is 5.82 Å². The maximum Gasteiger partial charge on any atom is 0.127 e. The fourth-order valence-electron chi connectivity index (χ4n) is 2.13. The normalized spacial score (nSPS) is 11.2. The fraction of sp³-hybridized carbons (Fsp3) is 0.0500. The maximum atomic E-state index is 4.33. The maximum absolute atomic E-state index is 4.33. The van der Waals surface area contributed by atoms with Crippen molar-refractivity contribution in [2.75, 3.05) is 5.32 Å². The Morgan fingerprint density at radius 3 is 2.30 bits per heavy atom. The molecule has 3 heteroatoms.